The molecule has 7 heteroatoms. The highest BCUT2D eigenvalue weighted by molar-refractivity contribution is 6.31. The molecule has 1 fully saturated rings. The van der Waals surface area contributed by atoms with Crippen LogP contribution in [0, 0.1) is 0 Å². The molecule has 0 radical (unpaired) electrons. The molecule has 1 aliphatic rings. The molecule has 0 saturated carbocycles. The summed E-state index contributed by atoms with van der Waals surface area (Å²) in [6, 6.07) is 4.48. The van der Waals surface area contributed by atoms with Gasteiger partial charge >= 0.3 is 5.97 Å². The minimum Gasteiger partial charge on any atom is -0.452 e. The summed E-state index contributed by atoms with van der Waals surface area (Å²) >= 11 is 5.77. The molecule has 2 N–H and O–H groups in total. The minimum atomic E-state index is -0.642. The van der Waals surface area contributed by atoms with Crippen molar-refractivity contribution in [3.05, 3.63) is 28.8 Å². The van der Waals surface area contributed by atoms with E-state index in [0.717, 1.165) is 0 Å². The van der Waals surface area contributed by atoms with Gasteiger partial charge in [0.05, 0.1) is 17.8 Å². The van der Waals surface area contributed by atoms with E-state index in [9.17, 15) is 9.59 Å². The second kappa shape index (κ2) is 6.98. The van der Waals surface area contributed by atoms with Gasteiger partial charge in [0, 0.05) is 23.8 Å². The average Bonchev–Trinajstić information content (AvgIpc) is 2.43. The largest absolute Gasteiger partial charge is 0.452 e. The Balaban J connectivity index is 1.91. The second-order valence-electron chi connectivity index (χ2n) is 5.36. The maximum Gasteiger partial charge on any atom is 0.340 e. The summed E-state index contributed by atoms with van der Waals surface area (Å²) in [5.74, 6) is -0.889. The Bertz CT molecular complexity index is 569. The number of ether oxygens (including phenoxy) is 2. The first-order valence-corrected chi connectivity index (χ1v) is 7.40. The van der Waals surface area contributed by atoms with Gasteiger partial charge in [-0.25, -0.2) is 4.79 Å². The van der Waals surface area contributed by atoms with Gasteiger partial charge in [-0.15, -0.1) is 0 Å². The molecule has 0 unspecified atom stereocenters. The van der Waals surface area contributed by atoms with E-state index in [2.05, 4.69) is 0 Å². The minimum absolute atomic E-state index is 0.0321. The quantitative estimate of drug-likeness (QED) is 0.675. The summed E-state index contributed by atoms with van der Waals surface area (Å²) in [6.07, 6.45) is -0.0642. The third-order valence-electron chi connectivity index (χ3n) is 3.33. The molecule has 6 nitrogen and oxygen atoms in total. The summed E-state index contributed by atoms with van der Waals surface area (Å²) in [6.45, 7) is 4.46. The van der Waals surface area contributed by atoms with Crippen LogP contribution in [0.1, 0.15) is 24.2 Å². The van der Waals surface area contributed by atoms with Crippen LogP contribution in [-0.2, 0) is 14.3 Å². The van der Waals surface area contributed by atoms with Crippen LogP contribution < -0.4 is 5.73 Å². The van der Waals surface area contributed by atoms with Gasteiger partial charge in [0.25, 0.3) is 5.91 Å². The number of rotatable bonds is 3. The fraction of sp³-hybridized carbons (Fsp3) is 0.467. The van der Waals surface area contributed by atoms with Crippen molar-refractivity contribution in [2.45, 2.75) is 26.1 Å². The Morgan fingerprint density at radius 2 is 2.00 bits per heavy atom. The van der Waals surface area contributed by atoms with E-state index < -0.39 is 5.97 Å². The van der Waals surface area contributed by atoms with E-state index in [-0.39, 0.29) is 36.0 Å². The Labute approximate surface area is 134 Å². The van der Waals surface area contributed by atoms with E-state index >= 15 is 0 Å². The number of hydrogen-bond donors (Lipinski definition) is 1. The lowest BCUT2D eigenvalue weighted by atomic mass is 10.2. The van der Waals surface area contributed by atoms with Crippen LogP contribution >= 0.6 is 11.6 Å². The summed E-state index contributed by atoms with van der Waals surface area (Å²) in [4.78, 5) is 25.7. The number of carbonyl (C=O) groups excluding carboxylic acids is 2. The molecule has 1 aromatic rings. The lowest BCUT2D eigenvalue weighted by molar-refractivity contribution is -0.146. The van der Waals surface area contributed by atoms with E-state index in [4.69, 9.17) is 26.8 Å². The molecule has 1 aromatic carbocycles. The highest BCUT2D eigenvalue weighted by Crippen LogP contribution is 2.19. The first-order valence-electron chi connectivity index (χ1n) is 7.02. The number of hydrogen-bond acceptors (Lipinski definition) is 5. The number of nitrogens with zero attached hydrogens (tertiary/aromatic N) is 1. The molecule has 1 amide bonds. The molecule has 2 atom stereocenters. The lowest BCUT2D eigenvalue weighted by Crippen LogP contribution is -2.49. The Morgan fingerprint density at radius 3 is 2.59 bits per heavy atom. The Morgan fingerprint density at radius 1 is 1.36 bits per heavy atom. The van der Waals surface area contributed by atoms with Crippen molar-refractivity contribution in [2.75, 3.05) is 25.4 Å². The SMILES string of the molecule is C[C@H]1CN(C(=O)COC(=O)c2ccc(Cl)cc2N)C[C@H](C)O1. The molecule has 0 bridgehead atoms. The number of amides is 1. The fourth-order valence-corrected chi connectivity index (χ4v) is 2.58. The van der Waals surface area contributed by atoms with Crippen LogP contribution in [0.15, 0.2) is 18.2 Å². The standard InChI is InChI=1S/C15H19ClN2O4/c1-9-6-18(7-10(2)22-9)14(19)8-21-15(20)12-4-3-11(16)5-13(12)17/h3-5,9-10H,6-8,17H2,1-2H3/t9-,10-/m0/s1. The van der Waals surface area contributed by atoms with Crippen molar-refractivity contribution in [2.24, 2.45) is 0 Å². The topological polar surface area (TPSA) is 81.9 Å². The Kier molecular flexibility index (Phi) is 5.26. The fourth-order valence-electron chi connectivity index (χ4n) is 2.40. The van der Waals surface area contributed by atoms with E-state index in [1.165, 1.54) is 12.1 Å². The van der Waals surface area contributed by atoms with Crippen LogP contribution in [-0.4, -0.2) is 48.7 Å². The predicted octanol–water partition coefficient (Wildman–Crippen LogP) is 1.71. The van der Waals surface area contributed by atoms with Crippen LogP contribution in [0.2, 0.25) is 5.02 Å². The summed E-state index contributed by atoms with van der Waals surface area (Å²) in [5, 5.41) is 0.432. The molecular formula is C15H19ClN2O4. The van der Waals surface area contributed by atoms with Crippen molar-refractivity contribution in [1.29, 1.82) is 0 Å². The number of benzene rings is 1. The summed E-state index contributed by atoms with van der Waals surface area (Å²) < 4.78 is 10.6. The van der Waals surface area contributed by atoms with Crippen LogP contribution in [0.5, 0.6) is 0 Å². The molecule has 1 saturated heterocycles. The number of esters is 1. The normalized spacial score (nSPS) is 21.5. The Hall–Kier alpha value is -1.79. The van der Waals surface area contributed by atoms with Crippen molar-refractivity contribution in [3.63, 3.8) is 0 Å². The smallest absolute Gasteiger partial charge is 0.340 e. The molecule has 120 valence electrons. The zero-order valence-corrected chi connectivity index (χ0v) is 13.3. The van der Waals surface area contributed by atoms with Crippen molar-refractivity contribution in [3.8, 4) is 0 Å². The molecule has 0 spiro atoms. The van der Waals surface area contributed by atoms with Gasteiger partial charge in [0.15, 0.2) is 6.61 Å². The molecule has 1 aliphatic heterocycles. The maximum atomic E-state index is 12.1. The first kappa shape index (κ1) is 16.6. The number of carbonyl (C=O) groups is 2. The first-order chi connectivity index (χ1) is 10.4. The maximum absolute atomic E-state index is 12.1. The molecule has 22 heavy (non-hydrogen) atoms. The molecular weight excluding hydrogens is 308 g/mol. The highest BCUT2D eigenvalue weighted by Gasteiger charge is 2.26. The van der Waals surface area contributed by atoms with Crippen LogP contribution in [0.25, 0.3) is 0 Å². The second-order valence-corrected chi connectivity index (χ2v) is 5.80. The molecule has 1 heterocycles. The van der Waals surface area contributed by atoms with Crippen LogP contribution in [0.4, 0.5) is 5.69 Å². The predicted molar refractivity (Wildman–Crippen MR) is 82.7 cm³/mol. The van der Waals surface area contributed by atoms with Gasteiger partial charge in [-0.2, -0.15) is 0 Å². The number of anilines is 1. The number of nitrogen functional groups attached to an aromatic ring is 1. The van der Waals surface area contributed by atoms with Gasteiger partial charge in [0.1, 0.15) is 0 Å². The zero-order chi connectivity index (χ0) is 16.3. The molecule has 2 rings (SSSR count). The zero-order valence-electron chi connectivity index (χ0n) is 12.5. The monoisotopic (exact) mass is 326 g/mol. The number of morpholine rings is 1. The number of halogens is 1. The van der Waals surface area contributed by atoms with Gasteiger partial charge in [-0.1, -0.05) is 11.6 Å². The van der Waals surface area contributed by atoms with Crippen molar-refractivity contribution < 1.29 is 19.1 Å². The van der Waals surface area contributed by atoms with E-state index in [0.29, 0.717) is 18.1 Å². The van der Waals surface area contributed by atoms with Gasteiger partial charge in [-0.05, 0) is 32.0 Å². The average molecular weight is 327 g/mol. The summed E-state index contributed by atoms with van der Waals surface area (Å²) in [5.41, 5.74) is 6.13. The van der Waals surface area contributed by atoms with Crippen molar-refractivity contribution in [1.82, 2.24) is 4.90 Å². The molecule has 0 aromatic heterocycles. The highest BCUT2D eigenvalue weighted by atomic mass is 35.5. The van der Waals surface area contributed by atoms with Gasteiger partial charge in [-0.3, -0.25) is 4.79 Å². The number of nitrogens with two attached hydrogens (primary N) is 1. The van der Waals surface area contributed by atoms with Crippen molar-refractivity contribution >= 4 is 29.2 Å². The van der Waals surface area contributed by atoms with Crippen LogP contribution in [0.3, 0.4) is 0 Å². The molecule has 0 aliphatic carbocycles. The van der Waals surface area contributed by atoms with Gasteiger partial charge < -0.3 is 20.1 Å². The lowest BCUT2D eigenvalue weighted by Gasteiger charge is -2.35. The third-order valence-corrected chi connectivity index (χ3v) is 3.57. The van der Waals surface area contributed by atoms with E-state index in [1.807, 2.05) is 13.8 Å². The third kappa shape index (κ3) is 4.11. The summed E-state index contributed by atoms with van der Waals surface area (Å²) in [7, 11) is 0. The van der Waals surface area contributed by atoms with Gasteiger partial charge in [0.2, 0.25) is 0 Å². The van der Waals surface area contributed by atoms with E-state index in [1.54, 1.807) is 11.0 Å².